The molecule has 3 unspecified atom stereocenters. The van der Waals surface area contributed by atoms with Gasteiger partial charge in [-0.25, -0.2) is 0 Å². The third-order valence-electron chi connectivity index (χ3n) is 4.78. The van der Waals surface area contributed by atoms with Crippen LogP contribution < -0.4 is 0 Å². The second kappa shape index (κ2) is 4.49. The second-order valence-corrected chi connectivity index (χ2v) is 6.53. The van der Waals surface area contributed by atoms with Crippen LogP contribution in [-0.4, -0.2) is 34.5 Å². The second-order valence-electron chi connectivity index (χ2n) is 6.53. The Morgan fingerprint density at radius 2 is 2.11 bits per heavy atom. The molecule has 1 aliphatic carbocycles. The molecule has 0 aromatic heterocycles. The van der Waals surface area contributed by atoms with Gasteiger partial charge >= 0.3 is 5.97 Å². The molecule has 104 valence electrons. The van der Waals surface area contributed by atoms with Crippen LogP contribution >= 0.6 is 0 Å². The molecule has 2 N–H and O–H groups in total. The monoisotopic (exact) mass is 256 g/mol. The van der Waals surface area contributed by atoms with E-state index in [0.29, 0.717) is 18.9 Å². The molecule has 0 amide bonds. The van der Waals surface area contributed by atoms with Gasteiger partial charge in [0.15, 0.2) is 0 Å². The molecule has 2 rings (SSSR count). The van der Waals surface area contributed by atoms with Crippen molar-refractivity contribution < 1.29 is 19.7 Å². The Balaban J connectivity index is 2.24. The summed E-state index contributed by atoms with van der Waals surface area (Å²) in [7, 11) is 0. The molecule has 0 aromatic carbocycles. The van der Waals surface area contributed by atoms with Crippen LogP contribution in [0, 0.1) is 17.3 Å². The zero-order chi connectivity index (χ0) is 13.6. The molecule has 1 aliphatic heterocycles. The molecule has 0 aromatic rings. The first-order valence-electron chi connectivity index (χ1n) is 6.87. The van der Waals surface area contributed by atoms with Crippen LogP contribution in [-0.2, 0) is 9.53 Å². The van der Waals surface area contributed by atoms with Crippen molar-refractivity contribution in [3.05, 3.63) is 0 Å². The predicted octanol–water partition coefficient (Wildman–Crippen LogP) is 2.05. The van der Waals surface area contributed by atoms with Gasteiger partial charge in [-0.05, 0) is 44.4 Å². The van der Waals surface area contributed by atoms with Crippen molar-refractivity contribution in [2.75, 3.05) is 6.61 Å². The molecule has 2 fully saturated rings. The van der Waals surface area contributed by atoms with Crippen LogP contribution in [0.4, 0.5) is 0 Å². The lowest BCUT2D eigenvalue weighted by Gasteiger charge is -2.38. The van der Waals surface area contributed by atoms with Crippen molar-refractivity contribution in [3.8, 4) is 0 Å². The highest BCUT2D eigenvalue weighted by atomic mass is 16.5. The van der Waals surface area contributed by atoms with Gasteiger partial charge in [0.05, 0.1) is 17.1 Å². The summed E-state index contributed by atoms with van der Waals surface area (Å²) >= 11 is 0. The van der Waals surface area contributed by atoms with Crippen molar-refractivity contribution in [1.29, 1.82) is 0 Å². The highest BCUT2D eigenvalue weighted by Crippen LogP contribution is 2.52. The van der Waals surface area contributed by atoms with E-state index >= 15 is 0 Å². The number of hydrogen-bond donors (Lipinski definition) is 2. The lowest BCUT2D eigenvalue weighted by atomic mass is 9.69. The van der Waals surface area contributed by atoms with Gasteiger partial charge in [0.1, 0.15) is 0 Å². The minimum Gasteiger partial charge on any atom is -0.481 e. The minimum absolute atomic E-state index is 0.0363. The van der Waals surface area contributed by atoms with Gasteiger partial charge in [0, 0.05) is 6.61 Å². The topological polar surface area (TPSA) is 66.8 Å². The van der Waals surface area contributed by atoms with Crippen molar-refractivity contribution in [2.24, 2.45) is 17.3 Å². The minimum atomic E-state index is -0.959. The first-order valence-corrected chi connectivity index (χ1v) is 6.87. The van der Waals surface area contributed by atoms with Gasteiger partial charge in [-0.15, -0.1) is 0 Å². The normalized spacial score (nSPS) is 35.7. The zero-order valence-electron chi connectivity index (χ0n) is 11.5. The van der Waals surface area contributed by atoms with Crippen LogP contribution in [0.5, 0.6) is 0 Å². The standard InChI is InChI=1S/C14H24O4/c1-9(2)13(3,17)8-14(12(15)16)6-7-18-11(14)10-4-5-10/h9-11,17H,4-8H2,1-3H3,(H,15,16). The summed E-state index contributed by atoms with van der Waals surface area (Å²) in [5.74, 6) is -0.390. The van der Waals surface area contributed by atoms with Crippen LogP contribution in [0.3, 0.4) is 0 Å². The summed E-state index contributed by atoms with van der Waals surface area (Å²) in [6, 6.07) is 0. The molecule has 2 aliphatic rings. The number of carboxylic acids is 1. The van der Waals surface area contributed by atoms with Gasteiger partial charge in [-0.2, -0.15) is 0 Å². The summed E-state index contributed by atoms with van der Waals surface area (Å²) in [6.45, 7) is 6.10. The van der Waals surface area contributed by atoms with E-state index in [1.54, 1.807) is 6.92 Å². The van der Waals surface area contributed by atoms with Gasteiger partial charge < -0.3 is 14.9 Å². The maximum Gasteiger partial charge on any atom is 0.312 e. The predicted molar refractivity (Wildman–Crippen MR) is 67.2 cm³/mol. The van der Waals surface area contributed by atoms with E-state index in [1.807, 2.05) is 13.8 Å². The number of carboxylic acid groups (broad SMARTS) is 1. The van der Waals surface area contributed by atoms with E-state index in [0.717, 1.165) is 12.8 Å². The Kier molecular flexibility index (Phi) is 3.45. The summed E-state index contributed by atoms with van der Waals surface area (Å²) in [5.41, 5.74) is -1.85. The van der Waals surface area contributed by atoms with Gasteiger partial charge in [0.2, 0.25) is 0 Å². The smallest absolute Gasteiger partial charge is 0.312 e. The largest absolute Gasteiger partial charge is 0.481 e. The number of rotatable bonds is 5. The molecule has 18 heavy (non-hydrogen) atoms. The van der Waals surface area contributed by atoms with E-state index in [-0.39, 0.29) is 18.4 Å². The van der Waals surface area contributed by atoms with Crippen LogP contribution in [0.25, 0.3) is 0 Å². The number of carbonyl (C=O) groups is 1. The van der Waals surface area contributed by atoms with Gasteiger partial charge in [-0.1, -0.05) is 13.8 Å². The molecule has 1 saturated heterocycles. The van der Waals surface area contributed by atoms with E-state index in [1.165, 1.54) is 0 Å². The highest BCUT2D eigenvalue weighted by molar-refractivity contribution is 5.76. The molecule has 3 atom stereocenters. The van der Waals surface area contributed by atoms with Crippen molar-refractivity contribution in [2.45, 2.75) is 58.2 Å². The maximum atomic E-state index is 11.8. The van der Waals surface area contributed by atoms with E-state index < -0.39 is 17.0 Å². The quantitative estimate of drug-likeness (QED) is 0.790. The molecular weight excluding hydrogens is 232 g/mol. The number of aliphatic carboxylic acids is 1. The summed E-state index contributed by atoms with van der Waals surface area (Å²) < 4.78 is 5.69. The third-order valence-corrected chi connectivity index (χ3v) is 4.78. The molecular formula is C14H24O4. The third kappa shape index (κ3) is 2.28. The van der Waals surface area contributed by atoms with E-state index in [9.17, 15) is 15.0 Å². The van der Waals surface area contributed by atoms with Gasteiger partial charge in [0.25, 0.3) is 0 Å². The van der Waals surface area contributed by atoms with Crippen molar-refractivity contribution in [3.63, 3.8) is 0 Å². The fourth-order valence-corrected chi connectivity index (χ4v) is 2.99. The Morgan fingerprint density at radius 3 is 2.56 bits per heavy atom. The Labute approximate surface area is 108 Å². The summed E-state index contributed by atoms with van der Waals surface area (Å²) in [4.78, 5) is 11.8. The highest BCUT2D eigenvalue weighted by Gasteiger charge is 2.58. The Hall–Kier alpha value is -0.610. The average Bonchev–Trinajstić information content (AvgIpc) is 3.00. The molecule has 4 heteroatoms. The first-order chi connectivity index (χ1) is 8.29. The number of hydrogen-bond acceptors (Lipinski definition) is 3. The first kappa shape index (κ1) is 13.8. The van der Waals surface area contributed by atoms with Crippen LogP contribution in [0.2, 0.25) is 0 Å². The molecule has 0 spiro atoms. The Morgan fingerprint density at radius 1 is 1.50 bits per heavy atom. The molecule has 1 heterocycles. The lowest BCUT2D eigenvalue weighted by molar-refractivity contribution is -0.160. The SMILES string of the molecule is CC(C)C(C)(O)CC1(C(=O)O)CCOC1C1CC1. The molecule has 1 saturated carbocycles. The van der Waals surface area contributed by atoms with Gasteiger partial charge in [-0.3, -0.25) is 4.79 Å². The summed E-state index contributed by atoms with van der Waals surface area (Å²) in [5, 5.41) is 20.1. The molecule has 4 nitrogen and oxygen atoms in total. The van der Waals surface area contributed by atoms with Crippen LogP contribution in [0.1, 0.15) is 46.5 Å². The summed E-state index contributed by atoms with van der Waals surface area (Å²) in [6.07, 6.45) is 2.72. The fraction of sp³-hybridized carbons (Fsp3) is 0.929. The number of ether oxygens (including phenoxy) is 1. The maximum absolute atomic E-state index is 11.8. The average molecular weight is 256 g/mol. The molecule has 0 bridgehead atoms. The molecule has 0 radical (unpaired) electrons. The van der Waals surface area contributed by atoms with Crippen molar-refractivity contribution in [1.82, 2.24) is 0 Å². The van der Waals surface area contributed by atoms with E-state index in [2.05, 4.69) is 0 Å². The zero-order valence-corrected chi connectivity index (χ0v) is 11.5. The van der Waals surface area contributed by atoms with Crippen LogP contribution in [0.15, 0.2) is 0 Å². The Bertz CT molecular complexity index is 333. The van der Waals surface area contributed by atoms with Crippen molar-refractivity contribution >= 4 is 5.97 Å². The lowest BCUT2D eigenvalue weighted by Crippen LogP contribution is -2.48. The fourth-order valence-electron chi connectivity index (χ4n) is 2.99. The van der Waals surface area contributed by atoms with E-state index in [4.69, 9.17) is 4.74 Å². The number of aliphatic hydroxyl groups is 1.